The summed E-state index contributed by atoms with van der Waals surface area (Å²) in [4.78, 5) is 13.6. The Morgan fingerprint density at radius 1 is 1.45 bits per heavy atom. The SMILES string of the molecule is CCCC/C=C(\Br)N1C(=O)OC[C@H]1Cc1ccccc1. The fraction of sp³-hybridized carbons (Fsp3) is 0.438. The maximum atomic E-state index is 11.9. The summed E-state index contributed by atoms with van der Waals surface area (Å²) < 4.78 is 6.02. The number of carbonyl (C=O) groups is 1. The van der Waals surface area contributed by atoms with Gasteiger partial charge in [-0.05, 0) is 40.8 Å². The first-order valence-corrected chi connectivity index (χ1v) is 7.87. The molecule has 0 aliphatic carbocycles. The van der Waals surface area contributed by atoms with Crippen LogP contribution in [0.5, 0.6) is 0 Å². The highest BCUT2D eigenvalue weighted by atomic mass is 79.9. The van der Waals surface area contributed by atoms with Crippen molar-refractivity contribution in [2.75, 3.05) is 6.61 Å². The molecule has 0 unspecified atom stereocenters. The van der Waals surface area contributed by atoms with Crippen molar-refractivity contribution in [3.63, 3.8) is 0 Å². The fourth-order valence-electron chi connectivity index (χ4n) is 2.28. The molecule has 1 fully saturated rings. The number of rotatable bonds is 6. The zero-order valence-electron chi connectivity index (χ0n) is 11.7. The van der Waals surface area contributed by atoms with Crippen LogP contribution in [0.3, 0.4) is 0 Å². The van der Waals surface area contributed by atoms with Crippen LogP contribution < -0.4 is 0 Å². The van der Waals surface area contributed by atoms with Crippen molar-refractivity contribution >= 4 is 22.0 Å². The van der Waals surface area contributed by atoms with Crippen molar-refractivity contribution in [1.29, 1.82) is 0 Å². The van der Waals surface area contributed by atoms with Crippen molar-refractivity contribution < 1.29 is 9.53 Å². The van der Waals surface area contributed by atoms with Crippen LogP contribution in [0.2, 0.25) is 0 Å². The molecular formula is C16H20BrNO2. The third-order valence-corrected chi connectivity index (χ3v) is 4.08. The molecule has 1 aromatic carbocycles. The van der Waals surface area contributed by atoms with E-state index < -0.39 is 0 Å². The highest BCUT2D eigenvalue weighted by Gasteiger charge is 2.34. The Hall–Kier alpha value is -1.29. The lowest BCUT2D eigenvalue weighted by Gasteiger charge is -2.21. The Morgan fingerprint density at radius 2 is 2.20 bits per heavy atom. The summed E-state index contributed by atoms with van der Waals surface area (Å²) in [5.41, 5.74) is 1.22. The smallest absolute Gasteiger partial charge is 0.415 e. The third kappa shape index (κ3) is 3.85. The molecule has 2 rings (SSSR count). The van der Waals surface area contributed by atoms with Crippen LogP contribution in [0.4, 0.5) is 4.79 Å². The average molecular weight is 338 g/mol. The Labute approximate surface area is 128 Å². The van der Waals surface area contributed by atoms with E-state index in [1.807, 2.05) is 18.2 Å². The van der Waals surface area contributed by atoms with E-state index in [0.717, 1.165) is 30.3 Å². The predicted molar refractivity (Wildman–Crippen MR) is 83.7 cm³/mol. The van der Waals surface area contributed by atoms with Crippen LogP contribution in [-0.4, -0.2) is 23.6 Å². The van der Waals surface area contributed by atoms with Gasteiger partial charge in [0.05, 0.1) is 10.6 Å². The molecule has 0 spiro atoms. The number of nitrogens with zero attached hydrogens (tertiary/aromatic N) is 1. The summed E-state index contributed by atoms with van der Waals surface area (Å²) in [6, 6.07) is 10.3. The van der Waals surface area contributed by atoms with Gasteiger partial charge in [0.25, 0.3) is 0 Å². The zero-order chi connectivity index (χ0) is 14.4. The van der Waals surface area contributed by atoms with Gasteiger partial charge in [0.15, 0.2) is 0 Å². The first-order valence-electron chi connectivity index (χ1n) is 7.08. The van der Waals surface area contributed by atoms with Gasteiger partial charge in [-0.15, -0.1) is 0 Å². The van der Waals surface area contributed by atoms with Gasteiger partial charge in [-0.25, -0.2) is 4.79 Å². The predicted octanol–water partition coefficient (Wildman–Crippen LogP) is 4.48. The number of halogens is 1. The molecule has 3 nitrogen and oxygen atoms in total. The minimum Gasteiger partial charge on any atom is -0.447 e. The molecule has 20 heavy (non-hydrogen) atoms. The third-order valence-electron chi connectivity index (χ3n) is 3.38. The van der Waals surface area contributed by atoms with Gasteiger partial charge in [-0.2, -0.15) is 0 Å². The van der Waals surface area contributed by atoms with Crippen molar-refractivity contribution in [3.8, 4) is 0 Å². The lowest BCUT2D eigenvalue weighted by molar-refractivity contribution is 0.165. The molecular weight excluding hydrogens is 318 g/mol. The van der Waals surface area contributed by atoms with Gasteiger partial charge in [-0.1, -0.05) is 49.8 Å². The van der Waals surface area contributed by atoms with Crippen molar-refractivity contribution in [2.24, 2.45) is 0 Å². The van der Waals surface area contributed by atoms with Crippen molar-refractivity contribution in [2.45, 2.75) is 38.6 Å². The molecule has 1 saturated heterocycles. The van der Waals surface area contributed by atoms with E-state index in [9.17, 15) is 4.79 Å². The van der Waals surface area contributed by atoms with Crippen LogP contribution in [0.15, 0.2) is 41.0 Å². The summed E-state index contributed by atoms with van der Waals surface area (Å²) in [5, 5.41) is 0. The molecule has 108 valence electrons. The fourth-order valence-corrected chi connectivity index (χ4v) is 2.95. The molecule has 0 saturated carbocycles. The topological polar surface area (TPSA) is 29.5 Å². The summed E-state index contributed by atoms with van der Waals surface area (Å²) in [6.45, 7) is 2.61. The monoisotopic (exact) mass is 337 g/mol. The van der Waals surface area contributed by atoms with Gasteiger partial charge >= 0.3 is 6.09 Å². The van der Waals surface area contributed by atoms with Crippen LogP contribution in [-0.2, 0) is 11.2 Å². The number of allylic oxidation sites excluding steroid dienone is 1. The number of amides is 1. The number of ether oxygens (including phenoxy) is 1. The number of unbranched alkanes of at least 4 members (excludes halogenated alkanes) is 2. The van der Waals surface area contributed by atoms with E-state index >= 15 is 0 Å². The summed E-state index contributed by atoms with van der Waals surface area (Å²) in [5.74, 6) is 0. The van der Waals surface area contributed by atoms with Crippen molar-refractivity contribution in [3.05, 3.63) is 46.6 Å². The van der Waals surface area contributed by atoms with Gasteiger partial charge in [0.1, 0.15) is 6.61 Å². The van der Waals surface area contributed by atoms with Crippen LogP contribution in [0.25, 0.3) is 0 Å². The second-order valence-electron chi connectivity index (χ2n) is 4.96. The van der Waals surface area contributed by atoms with Crippen LogP contribution in [0.1, 0.15) is 31.7 Å². The minimum atomic E-state index is -0.259. The lowest BCUT2D eigenvalue weighted by Crippen LogP contribution is -2.32. The molecule has 0 N–H and O–H groups in total. The van der Waals surface area contributed by atoms with E-state index in [2.05, 4.69) is 41.1 Å². The molecule has 1 aliphatic heterocycles. The molecule has 1 aliphatic rings. The Kier molecular flexibility index (Phi) is 5.65. The van der Waals surface area contributed by atoms with Crippen molar-refractivity contribution in [1.82, 2.24) is 4.90 Å². The normalized spacial score (nSPS) is 19.3. The van der Waals surface area contributed by atoms with Gasteiger partial charge in [-0.3, -0.25) is 4.90 Å². The zero-order valence-corrected chi connectivity index (χ0v) is 13.3. The van der Waals surface area contributed by atoms with Gasteiger partial charge in [0, 0.05) is 0 Å². The molecule has 1 aromatic rings. The van der Waals surface area contributed by atoms with Gasteiger partial charge in [0.2, 0.25) is 0 Å². The largest absolute Gasteiger partial charge is 0.447 e. The minimum absolute atomic E-state index is 0.0668. The molecule has 1 heterocycles. The number of cyclic esters (lactones) is 1. The number of hydrogen-bond donors (Lipinski definition) is 0. The first-order chi connectivity index (χ1) is 9.72. The summed E-state index contributed by atoms with van der Waals surface area (Å²) in [6.07, 6.45) is 5.86. The average Bonchev–Trinajstić information content (AvgIpc) is 2.81. The second kappa shape index (κ2) is 7.48. The molecule has 0 aromatic heterocycles. The number of hydrogen-bond acceptors (Lipinski definition) is 2. The Bertz CT molecular complexity index is 473. The highest BCUT2D eigenvalue weighted by molar-refractivity contribution is 9.11. The number of benzene rings is 1. The van der Waals surface area contributed by atoms with E-state index in [-0.39, 0.29) is 12.1 Å². The molecule has 1 amide bonds. The molecule has 0 radical (unpaired) electrons. The van der Waals surface area contributed by atoms with E-state index in [1.54, 1.807) is 4.90 Å². The maximum Gasteiger partial charge on any atom is 0.415 e. The van der Waals surface area contributed by atoms with Crippen LogP contribution in [0, 0.1) is 0 Å². The van der Waals surface area contributed by atoms with Gasteiger partial charge < -0.3 is 4.74 Å². The van der Waals surface area contributed by atoms with E-state index in [0.29, 0.717) is 6.61 Å². The Morgan fingerprint density at radius 3 is 2.90 bits per heavy atom. The summed E-state index contributed by atoms with van der Waals surface area (Å²) >= 11 is 3.52. The molecule has 4 heteroatoms. The molecule has 1 atom stereocenters. The summed E-state index contributed by atoms with van der Waals surface area (Å²) in [7, 11) is 0. The maximum absolute atomic E-state index is 11.9. The highest BCUT2D eigenvalue weighted by Crippen LogP contribution is 2.26. The van der Waals surface area contributed by atoms with E-state index in [1.165, 1.54) is 5.56 Å². The Balaban J connectivity index is 2.04. The standard InChI is InChI=1S/C16H20BrNO2/c1-2-3-5-10-15(17)18-14(12-20-16(18)19)11-13-8-6-4-7-9-13/h4,6-10,14H,2-3,5,11-12H2,1H3/b15-10+/t14-/m1/s1. The van der Waals surface area contributed by atoms with Crippen LogP contribution >= 0.6 is 15.9 Å². The quantitative estimate of drug-likeness (QED) is 0.565. The number of carbonyl (C=O) groups excluding carboxylic acids is 1. The lowest BCUT2D eigenvalue weighted by atomic mass is 10.1. The van der Waals surface area contributed by atoms with E-state index in [4.69, 9.17) is 4.74 Å². The first kappa shape index (κ1) is 15.1. The molecule has 0 bridgehead atoms. The second-order valence-corrected chi connectivity index (χ2v) is 5.77.